The van der Waals surface area contributed by atoms with Gasteiger partial charge in [-0.3, -0.25) is 0 Å². The number of ether oxygens (including phenoxy) is 2. The zero-order valence-electron chi connectivity index (χ0n) is 12.7. The summed E-state index contributed by atoms with van der Waals surface area (Å²) in [7, 11) is -3.69. The van der Waals surface area contributed by atoms with Crippen molar-refractivity contribution in [1.29, 1.82) is 0 Å². The van der Waals surface area contributed by atoms with E-state index in [-0.39, 0.29) is 16.4 Å². The van der Waals surface area contributed by atoms with Gasteiger partial charge >= 0.3 is 0 Å². The number of rotatable bonds is 1. The second-order valence-corrected chi connectivity index (χ2v) is 7.83. The molecule has 0 N–H and O–H groups in total. The van der Waals surface area contributed by atoms with Gasteiger partial charge in [-0.25, -0.2) is 0 Å². The van der Waals surface area contributed by atoms with Crippen LogP contribution in [0.15, 0.2) is 51.8 Å². The third-order valence-electron chi connectivity index (χ3n) is 3.86. The fraction of sp³-hybridized carbons (Fsp3) is 0.235. The molecule has 0 bridgehead atoms. The van der Waals surface area contributed by atoms with Crippen LogP contribution in [0.5, 0.6) is 11.5 Å². The van der Waals surface area contributed by atoms with Crippen molar-refractivity contribution in [2.24, 2.45) is 4.40 Å². The molecule has 0 spiro atoms. The quantitative estimate of drug-likeness (QED) is 0.807. The Morgan fingerprint density at radius 1 is 1.13 bits per heavy atom. The molecule has 2 heterocycles. The molecule has 0 saturated heterocycles. The average molecular weight is 329 g/mol. The summed E-state index contributed by atoms with van der Waals surface area (Å²) in [4.78, 5) is 0.170. The first-order valence-electron chi connectivity index (χ1n) is 7.29. The van der Waals surface area contributed by atoms with Crippen molar-refractivity contribution < 1.29 is 17.9 Å². The highest BCUT2D eigenvalue weighted by Gasteiger charge is 2.34. The first-order valence-corrected chi connectivity index (χ1v) is 8.73. The Labute approximate surface area is 134 Å². The predicted octanol–water partition coefficient (Wildman–Crippen LogP) is 2.93. The van der Waals surface area contributed by atoms with E-state index < -0.39 is 10.0 Å². The number of hydrogen-bond acceptors (Lipinski definition) is 4. The monoisotopic (exact) mass is 329 g/mol. The Morgan fingerprint density at radius 3 is 2.74 bits per heavy atom. The minimum absolute atomic E-state index is 0.0855. The number of nitrogens with zero attached hydrogens (tertiary/aromatic N) is 1. The molecule has 2 aliphatic heterocycles. The predicted molar refractivity (Wildman–Crippen MR) is 85.6 cm³/mol. The molecule has 23 heavy (non-hydrogen) atoms. The van der Waals surface area contributed by atoms with Crippen LogP contribution in [0.3, 0.4) is 0 Å². The van der Waals surface area contributed by atoms with Gasteiger partial charge in [0.2, 0.25) is 5.90 Å². The summed E-state index contributed by atoms with van der Waals surface area (Å²) in [6.45, 7) is 4.01. The van der Waals surface area contributed by atoms with Crippen molar-refractivity contribution >= 4 is 15.9 Å². The van der Waals surface area contributed by atoms with Gasteiger partial charge in [0.25, 0.3) is 10.0 Å². The van der Waals surface area contributed by atoms with E-state index in [4.69, 9.17) is 9.47 Å². The molecule has 0 atom stereocenters. The number of para-hydroxylation sites is 1. The molecule has 2 aromatic rings. The lowest BCUT2D eigenvalue weighted by molar-refractivity contribution is 0.135. The van der Waals surface area contributed by atoms with Crippen molar-refractivity contribution in [3.05, 3.63) is 53.6 Å². The molecule has 118 valence electrons. The van der Waals surface area contributed by atoms with Crippen LogP contribution in [0.25, 0.3) is 0 Å². The molecule has 6 heteroatoms. The van der Waals surface area contributed by atoms with Gasteiger partial charge in [-0.1, -0.05) is 24.3 Å². The Hall–Kier alpha value is -2.34. The number of sulfonamides is 1. The van der Waals surface area contributed by atoms with Crippen LogP contribution in [-0.4, -0.2) is 19.9 Å². The Bertz CT molecular complexity index is 945. The van der Waals surface area contributed by atoms with Crippen LogP contribution in [-0.2, 0) is 16.4 Å². The third-order valence-corrected chi connectivity index (χ3v) is 5.18. The molecule has 2 aliphatic rings. The van der Waals surface area contributed by atoms with Crippen molar-refractivity contribution in [3.8, 4) is 11.5 Å². The lowest BCUT2D eigenvalue weighted by atomic mass is 10.0. The van der Waals surface area contributed by atoms with Gasteiger partial charge in [0.05, 0.1) is 5.56 Å². The summed E-state index contributed by atoms with van der Waals surface area (Å²) in [5.41, 5.74) is 1.22. The zero-order valence-corrected chi connectivity index (χ0v) is 13.6. The molecule has 2 aromatic carbocycles. The first-order chi connectivity index (χ1) is 10.9. The highest BCUT2D eigenvalue weighted by atomic mass is 32.2. The van der Waals surface area contributed by atoms with E-state index in [0.29, 0.717) is 17.1 Å². The summed E-state index contributed by atoms with van der Waals surface area (Å²) >= 11 is 0. The van der Waals surface area contributed by atoms with Crippen LogP contribution in [0.4, 0.5) is 0 Å². The van der Waals surface area contributed by atoms with Crippen molar-refractivity contribution in [2.45, 2.75) is 30.8 Å². The summed E-state index contributed by atoms with van der Waals surface area (Å²) < 4.78 is 39.7. The van der Waals surface area contributed by atoms with E-state index >= 15 is 0 Å². The van der Waals surface area contributed by atoms with Crippen molar-refractivity contribution in [1.82, 2.24) is 0 Å². The fourth-order valence-corrected chi connectivity index (χ4v) is 4.06. The van der Waals surface area contributed by atoms with Gasteiger partial charge in [-0.15, -0.1) is 4.40 Å². The normalized spacial score (nSPS) is 19.5. The molecular weight excluding hydrogens is 314 g/mol. The second-order valence-electron chi connectivity index (χ2n) is 6.25. The van der Waals surface area contributed by atoms with Crippen LogP contribution >= 0.6 is 0 Å². The first kappa shape index (κ1) is 14.3. The standard InChI is InChI=1S/C17H15NO4S/c1-17(2)10-11-6-5-8-13(15(11)22-17)21-16-12-7-3-4-9-14(12)23(19,20)18-16/h3-9H,10H2,1-2H3. The maximum absolute atomic E-state index is 12.1. The SMILES string of the molecule is CC1(C)Cc2cccc(OC3=NS(=O)(=O)c4ccccc43)c2O1. The van der Waals surface area contributed by atoms with Gasteiger partial charge in [0.1, 0.15) is 10.5 Å². The second kappa shape index (κ2) is 4.58. The van der Waals surface area contributed by atoms with E-state index in [1.807, 2.05) is 26.0 Å². The van der Waals surface area contributed by atoms with Gasteiger partial charge < -0.3 is 9.47 Å². The molecule has 0 aromatic heterocycles. The summed E-state index contributed by atoms with van der Waals surface area (Å²) in [6, 6.07) is 12.3. The van der Waals surface area contributed by atoms with E-state index in [1.54, 1.807) is 24.3 Å². The summed E-state index contributed by atoms with van der Waals surface area (Å²) in [6.07, 6.45) is 0.779. The number of hydrogen-bond donors (Lipinski definition) is 0. The highest BCUT2D eigenvalue weighted by molar-refractivity contribution is 7.90. The number of benzene rings is 2. The van der Waals surface area contributed by atoms with Gasteiger partial charge in [-0.05, 0) is 32.0 Å². The maximum Gasteiger partial charge on any atom is 0.286 e. The highest BCUT2D eigenvalue weighted by Crippen LogP contribution is 2.42. The Kier molecular flexibility index (Phi) is 2.84. The molecule has 0 aliphatic carbocycles. The lowest BCUT2D eigenvalue weighted by Crippen LogP contribution is -2.24. The largest absolute Gasteiger partial charge is 0.483 e. The summed E-state index contributed by atoms with van der Waals surface area (Å²) in [5, 5.41) is 0. The molecule has 0 saturated carbocycles. The molecule has 0 unspecified atom stereocenters. The minimum atomic E-state index is -3.69. The van der Waals surface area contributed by atoms with E-state index in [1.165, 1.54) is 6.07 Å². The molecule has 5 nitrogen and oxygen atoms in total. The average Bonchev–Trinajstić information content (AvgIpc) is 2.93. The molecule has 0 fully saturated rings. The Balaban J connectivity index is 1.76. The topological polar surface area (TPSA) is 65.0 Å². The van der Waals surface area contributed by atoms with Crippen molar-refractivity contribution in [2.75, 3.05) is 0 Å². The van der Waals surface area contributed by atoms with Gasteiger partial charge in [0, 0.05) is 12.0 Å². The van der Waals surface area contributed by atoms with Crippen LogP contribution < -0.4 is 9.47 Å². The van der Waals surface area contributed by atoms with Crippen molar-refractivity contribution in [3.63, 3.8) is 0 Å². The van der Waals surface area contributed by atoms with Gasteiger partial charge in [0.15, 0.2) is 11.5 Å². The smallest absolute Gasteiger partial charge is 0.286 e. The van der Waals surface area contributed by atoms with Gasteiger partial charge in [-0.2, -0.15) is 8.42 Å². The fourth-order valence-electron chi connectivity index (χ4n) is 2.92. The van der Waals surface area contributed by atoms with Crippen LogP contribution in [0.1, 0.15) is 25.0 Å². The molecule has 0 amide bonds. The summed E-state index contributed by atoms with van der Waals surface area (Å²) in [5.74, 6) is 1.23. The zero-order chi connectivity index (χ0) is 16.2. The lowest BCUT2D eigenvalue weighted by Gasteiger charge is -2.18. The minimum Gasteiger partial charge on any atom is -0.483 e. The van der Waals surface area contributed by atoms with Crippen LogP contribution in [0.2, 0.25) is 0 Å². The molecule has 4 rings (SSSR count). The van der Waals surface area contributed by atoms with E-state index in [0.717, 1.165) is 12.0 Å². The molecular formula is C17H15NO4S. The van der Waals surface area contributed by atoms with Crippen LogP contribution in [0, 0.1) is 0 Å². The number of fused-ring (bicyclic) bond motifs is 2. The molecule has 0 radical (unpaired) electrons. The third kappa shape index (κ3) is 2.30. The maximum atomic E-state index is 12.1. The van der Waals surface area contributed by atoms with E-state index in [9.17, 15) is 8.42 Å². The Morgan fingerprint density at radius 2 is 1.91 bits per heavy atom. The van der Waals surface area contributed by atoms with E-state index in [2.05, 4.69) is 4.40 Å².